The van der Waals surface area contributed by atoms with Crippen LogP contribution in [0.4, 0.5) is 0 Å². The summed E-state index contributed by atoms with van der Waals surface area (Å²) in [6, 6.07) is 9.60. The fourth-order valence-corrected chi connectivity index (χ4v) is 1.39. The van der Waals surface area contributed by atoms with Gasteiger partial charge in [0.2, 0.25) is 11.8 Å². The van der Waals surface area contributed by atoms with E-state index in [0.717, 1.165) is 12.0 Å². The second-order valence-electron chi connectivity index (χ2n) is 4.11. The molecule has 0 atom stereocenters. The van der Waals surface area contributed by atoms with Crippen LogP contribution in [-0.2, 0) is 20.9 Å². The summed E-state index contributed by atoms with van der Waals surface area (Å²) in [5.41, 5.74) is 1.01. The van der Waals surface area contributed by atoms with Gasteiger partial charge in [-0.1, -0.05) is 37.3 Å². The van der Waals surface area contributed by atoms with Crippen molar-refractivity contribution in [2.24, 2.45) is 0 Å². The average molecular weight is 264 g/mol. The predicted molar refractivity (Wildman–Crippen MR) is 72.4 cm³/mol. The summed E-state index contributed by atoms with van der Waals surface area (Å²) in [7, 11) is 0. The molecule has 0 aliphatic rings. The van der Waals surface area contributed by atoms with Crippen molar-refractivity contribution in [2.45, 2.75) is 20.0 Å². The molecule has 0 unspecified atom stereocenters. The first-order chi connectivity index (χ1) is 9.22. The number of hydrogen-bond donors (Lipinski definition) is 2. The van der Waals surface area contributed by atoms with Crippen LogP contribution in [0.2, 0.25) is 0 Å². The first-order valence-electron chi connectivity index (χ1n) is 6.37. The Morgan fingerprint density at radius 2 is 1.84 bits per heavy atom. The Morgan fingerprint density at radius 1 is 1.11 bits per heavy atom. The van der Waals surface area contributed by atoms with E-state index in [0.29, 0.717) is 13.2 Å². The third kappa shape index (κ3) is 7.21. The fraction of sp³-hybridized carbons (Fsp3) is 0.429. The van der Waals surface area contributed by atoms with E-state index in [4.69, 9.17) is 4.74 Å². The summed E-state index contributed by atoms with van der Waals surface area (Å²) >= 11 is 0. The minimum absolute atomic E-state index is 0.00642. The first-order valence-corrected chi connectivity index (χ1v) is 6.37. The van der Waals surface area contributed by atoms with Crippen molar-refractivity contribution in [3.05, 3.63) is 35.9 Å². The third-order valence-electron chi connectivity index (χ3n) is 2.36. The molecule has 0 spiro atoms. The highest BCUT2D eigenvalue weighted by molar-refractivity contribution is 5.85. The van der Waals surface area contributed by atoms with E-state index >= 15 is 0 Å². The van der Waals surface area contributed by atoms with Crippen molar-refractivity contribution in [1.29, 1.82) is 0 Å². The molecule has 0 aliphatic carbocycles. The van der Waals surface area contributed by atoms with Gasteiger partial charge in [-0.3, -0.25) is 9.59 Å². The Bertz CT molecular complexity index is 393. The van der Waals surface area contributed by atoms with E-state index < -0.39 is 0 Å². The lowest BCUT2D eigenvalue weighted by Gasteiger charge is -2.07. The normalized spacial score (nSPS) is 9.95. The van der Waals surface area contributed by atoms with E-state index in [1.165, 1.54) is 0 Å². The molecule has 19 heavy (non-hydrogen) atoms. The van der Waals surface area contributed by atoms with Gasteiger partial charge in [-0.15, -0.1) is 0 Å². The Balaban J connectivity index is 2.10. The van der Waals surface area contributed by atoms with Crippen LogP contribution in [-0.4, -0.2) is 31.5 Å². The van der Waals surface area contributed by atoms with Gasteiger partial charge in [0.15, 0.2) is 0 Å². The summed E-state index contributed by atoms with van der Waals surface area (Å²) in [6.45, 7) is 2.93. The second-order valence-corrected chi connectivity index (χ2v) is 4.11. The molecule has 104 valence electrons. The average Bonchev–Trinajstić information content (AvgIpc) is 2.44. The molecular weight excluding hydrogens is 244 g/mol. The maximum Gasteiger partial charge on any atom is 0.246 e. The van der Waals surface area contributed by atoms with Crippen LogP contribution in [0.5, 0.6) is 0 Å². The van der Waals surface area contributed by atoms with Gasteiger partial charge in [-0.05, 0) is 12.0 Å². The topological polar surface area (TPSA) is 67.4 Å². The highest BCUT2D eigenvalue weighted by Gasteiger charge is 2.04. The summed E-state index contributed by atoms with van der Waals surface area (Å²) in [5.74, 6) is -0.471. The van der Waals surface area contributed by atoms with Crippen molar-refractivity contribution in [2.75, 3.05) is 19.7 Å². The monoisotopic (exact) mass is 264 g/mol. The van der Waals surface area contributed by atoms with Gasteiger partial charge in [-0.25, -0.2) is 0 Å². The molecule has 1 aromatic rings. The molecule has 1 aromatic carbocycles. The van der Waals surface area contributed by atoms with Crippen LogP contribution in [0, 0.1) is 0 Å². The van der Waals surface area contributed by atoms with Crippen molar-refractivity contribution in [3.63, 3.8) is 0 Å². The van der Waals surface area contributed by atoms with Gasteiger partial charge in [0.1, 0.15) is 6.61 Å². The lowest BCUT2D eigenvalue weighted by atomic mass is 10.2. The van der Waals surface area contributed by atoms with Gasteiger partial charge < -0.3 is 15.4 Å². The molecule has 0 saturated heterocycles. The van der Waals surface area contributed by atoms with Crippen LogP contribution in [0.25, 0.3) is 0 Å². The van der Waals surface area contributed by atoms with Gasteiger partial charge in [0, 0.05) is 6.54 Å². The molecule has 0 heterocycles. The number of carbonyl (C=O) groups excluding carboxylic acids is 2. The van der Waals surface area contributed by atoms with Crippen LogP contribution < -0.4 is 10.6 Å². The predicted octanol–water partition coefficient (Wildman–Crippen LogP) is 0.846. The highest BCUT2D eigenvalue weighted by Crippen LogP contribution is 1.99. The maximum absolute atomic E-state index is 11.4. The standard InChI is InChI=1S/C14H20N2O3/c1-2-8-15-13(17)9-16-14(18)11-19-10-12-6-4-3-5-7-12/h3-7H,2,8-11H2,1H3,(H,15,17)(H,16,18). The molecule has 2 amide bonds. The Kier molecular flexibility index (Phi) is 7.27. The van der Waals surface area contributed by atoms with E-state index in [1.807, 2.05) is 37.3 Å². The van der Waals surface area contributed by atoms with Crippen LogP contribution in [0.15, 0.2) is 30.3 Å². The number of carbonyl (C=O) groups is 2. The van der Waals surface area contributed by atoms with Gasteiger partial charge in [0.05, 0.1) is 13.2 Å². The molecule has 0 aromatic heterocycles. The number of amides is 2. The van der Waals surface area contributed by atoms with Crippen LogP contribution >= 0.6 is 0 Å². The van der Waals surface area contributed by atoms with Crippen molar-refractivity contribution in [1.82, 2.24) is 10.6 Å². The minimum atomic E-state index is -0.289. The number of ether oxygens (including phenoxy) is 1. The molecule has 0 aliphatic heterocycles. The molecule has 0 fully saturated rings. The zero-order valence-corrected chi connectivity index (χ0v) is 11.1. The fourth-order valence-electron chi connectivity index (χ4n) is 1.39. The second kappa shape index (κ2) is 9.10. The third-order valence-corrected chi connectivity index (χ3v) is 2.36. The number of rotatable bonds is 8. The lowest BCUT2D eigenvalue weighted by Crippen LogP contribution is -2.38. The van der Waals surface area contributed by atoms with Crippen molar-refractivity contribution >= 4 is 11.8 Å². The van der Waals surface area contributed by atoms with Crippen LogP contribution in [0.1, 0.15) is 18.9 Å². The summed E-state index contributed by atoms with van der Waals surface area (Å²) < 4.78 is 5.25. The molecular formula is C14H20N2O3. The van der Waals surface area contributed by atoms with Crippen molar-refractivity contribution in [3.8, 4) is 0 Å². The summed E-state index contributed by atoms with van der Waals surface area (Å²) in [6.07, 6.45) is 0.875. The summed E-state index contributed by atoms with van der Waals surface area (Å²) in [5, 5.41) is 5.18. The lowest BCUT2D eigenvalue weighted by molar-refractivity contribution is -0.129. The van der Waals surface area contributed by atoms with E-state index in [1.54, 1.807) is 0 Å². The molecule has 0 radical (unpaired) electrons. The molecule has 1 rings (SSSR count). The Labute approximate surface area is 113 Å². The molecule has 5 heteroatoms. The smallest absolute Gasteiger partial charge is 0.246 e. The first kappa shape index (κ1) is 15.2. The molecule has 2 N–H and O–H groups in total. The van der Waals surface area contributed by atoms with Gasteiger partial charge in [0.25, 0.3) is 0 Å². The van der Waals surface area contributed by atoms with E-state index in [2.05, 4.69) is 10.6 Å². The number of nitrogens with one attached hydrogen (secondary N) is 2. The zero-order valence-electron chi connectivity index (χ0n) is 11.1. The zero-order chi connectivity index (χ0) is 13.9. The largest absolute Gasteiger partial charge is 0.367 e. The quantitative estimate of drug-likeness (QED) is 0.731. The molecule has 0 bridgehead atoms. The molecule has 0 saturated carbocycles. The SMILES string of the molecule is CCCNC(=O)CNC(=O)COCc1ccccc1. The molecule has 5 nitrogen and oxygen atoms in total. The van der Waals surface area contributed by atoms with Crippen LogP contribution in [0.3, 0.4) is 0 Å². The summed E-state index contributed by atoms with van der Waals surface area (Å²) in [4.78, 5) is 22.6. The van der Waals surface area contributed by atoms with Gasteiger partial charge >= 0.3 is 0 Å². The Hall–Kier alpha value is -1.88. The Morgan fingerprint density at radius 3 is 2.53 bits per heavy atom. The maximum atomic E-state index is 11.4. The van der Waals surface area contributed by atoms with E-state index in [9.17, 15) is 9.59 Å². The van der Waals surface area contributed by atoms with E-state index in [-0.39, 0.29) is 25.0 Å². The number of benzene rings is 1. The van der Waals surface area contributed by atoms with Crippen molar-refractivity contribution < 1.29 is 14.3 Å². The number of hydrogen-bond acceptors (Lipinski definition) is 3. The minimum Gasteiger partial charge on any atom is -0.367 e. The van der Waals surface area contributed by atoms with Gasteiger partial charge in [-0.2, -0.15) is 0 Å². The highest BCUT2D eigenvalue weighted by atomic mass is 16.5.